The van der Waals surface area contributed by atoms with E-state index in [1.54, 1.807) is 6.07 Å². The molecule has 0 aromatic heterocycles. The lowest BCUT2D eigenvalue weighted by molar-refractivity contribution is -0.0522. The summed E-state index contributed by atoms with van der Waals surface area (Å²) >= 11 is 0. The smallest absolute Gasteiger partial charge is 0.387 e. The van der Waals surface area contributed by atoms with Gasteiger partial charge in [-0.05, 0) is 93.2 Å². The molecule has 1 aromatic carbocycles. The Hall–Kier alpha value is -1.45. The highest BCUT2D eigenvalue weighted by Gasteiger charge is 2.35. The molecule has 3 rings (SSSR count). The highest BCUT2D eigenvalue weighted by molar-refractivity contribution is 5.31. The Kier molecular flexibility index (Phi) is 6.66. The van der Waals surface area contributed by atoms with Crippen LogP contribution in [-0.4, -0.2) is 6.61 Å². The van der Waals surface area contributed by atoms with Crippen LogP contribution in [0.15, 0.2) is 30.4 Å². The number of fused-ring (bicyclic) bond motifs is 1. The van der Waals surface area contributed by atoms with Crippen LogP contribution in [0.25, 0.3) is 0 Å². The third-order valence-electron chi connectivity index (χ3n) is 6.34. The molecule has 2 saturated carbocycles. The van der Waals surface area contributed by atoms with E-state index in [0.29, 0.717) is 5.92 Å². The van der Waals surface area contributed by atoms with Gasteiger partial charge in [0, 0.05) is 0 Å². The summed E-state index contributed by atoms with van der Waals surface area (Å²) in [5.41, 5.74) is 0.928. The van der Waals surface area contributed by atoms with Gasteiger partial charge in [0.2, 0.25) is 0 Å². The molecule has 0 radical (unpaired) electrons. The summed E-state index contributed by atoms with van der Waals surface area (Å²) in [7, 11) is 0. The molecule has 2 fully saturated rings. The van der Waals surface area contributed by atoms with Gasteiger partial charge in [-0.1, -0.05) is 24.6 Å². The molecule has 0 N–H and O–H groups in total. The van der Waals surface area contributed by atoms with Gasteiger partial charge in [0.05, 0.1) is 0 Å². The second-order valence-electron chi connectivity index (χ2n) is 7.92. The summed E-state index contributed by atoms with van der Waals surface area (Å²) in [6.07, 6.45) is 14.2. The van der Waals surface area contributed by atoms with Crippen LogP contribution in [0.1, 0.15) is 69.8 Å². The van der Waals surface area contributed by atoms with E-state index in [4.69, 9.17) is 0 Å². The molecule has 4 unspecified atom stereocenters. The van der Waals surface area contributed by atoms with Crippen LogP contribution in [0.3, 0.4) is 0 Å². The Morgan fingerprint density at radius 3 is 2.62 bits per heavy atom. The fourth-order valence-electron chi connectivity index (χ4n) is 5.01. The first-order chi connectivity index (χ1) is 12.6. The predicted octanol–water partition coefficient (Wildman–Crippen LogP) is 7.08. The average molecular weight is 366 g/mol. The zero-order valence-electron chi connectivity index (χ0n) is 15.5. The van der Waals surface area contributed by atoms with E-state index >= 15 is 0 Å². The van der Waals surface area contributed by atoms with E-state index in [-0.39, 0.29) is 5.75 Å². The standard InChI is InChI=1S/C22H29F3O/c1-2-3-4-5-15-6-7-17-13-18(9-8-16(17)12-15)19-10-11-21(20(23)14-19)26-22(24)25/h2-3,10-11,14-18,22H,4-9,12-13H2,1H3. The van der Waals surface area contributed by atoms with Crippen molar-refractivity contribution in [2.75, 3.05) is 0 Å². The summed E-state index contributed by atoms with van der Waals surface area (Å²) in [5.74, 6) is 1.68. The largest absolute Gasteiger partial charge is 0.432 e. The van der Waals surface area contributed by atoms with Gasteiger partial charge >= 0.3 is 6.61 Å². The maximum Gasteiger partial charge on any atom is 0.387 e. The van der Waals surface area contributed by atoms with E-state index in [0.717, 1.165) is 36.2 Å². The first-order valence-corrected chi connectivity index (χ1v) is 9.92. The van der Waals surface area contributed by atoms with Crippen LogP contribution in [0.4, 0.5) is 13.2 Å². The van der Waals surface area contributed by atoms with Crippen LogP contribution in [0.2, 0.25) is 0 Å². The molecule has 4 heteroatoms. The minimum Gasteiger partial charge on any atom is -0.432 e. The molecular formula is C22H29F3O. The number of hydrogen-bond donors (Lipinski definition) is 0. The van der Waals surface area contributed by atoms with Crippen molar-refractivity contribution in [2.24, 2.45) is 17.8 Å². The quantitative estimate of drug-likeness (QED) is 0.489. The van der Waals surface area contributed by atoms with Gasteiger partial charge in [0.25, 0.3) is 0 Å². The average Bonchev–Trinajstić information content (AvgIpc) is 2.63. The van der Waals surface area contributed by atoms with Gasteiger partial charge in [-0.15, -0.1) is 0 Å². The fourth-order valence-corrected chi connectivity index (χ4v) is 5.01. The maximum absolute atomic E-state index is 14.0. The van der Waals surface area contributed by atoms with Crippen molar-refractivity contribution in [1.29, 1.82) is 0 Å². The van der Waals surface area contributed by atoms with E-state index in [9.17, 15) is 13.2 Å². The first kappa shape index (κ1) is 19.3. The topological polar surface area (TPSA) is 9.23 Å². The molecule has 0 aliphatic heterocycles. The summed E-state index contributed by atoms with van der Waals surface area (Å²) < 4.78 is 42.8. The molecule has 4 atom stereocenters. The Bertz CT molecular complexity index is 613. The van der Waals surface area contributed by atoms with Gasteiger partial charge < -0.3 is 4.74 Å². The Labute approximate surface area is 154 Å². The van der Waals surface area contributed by atoms with Gasteiger partial charge in [-0.25, -0.2) is 4.39 Å². The summed E-state index contributed by atoms with van der Waals surface area (Å²) in [4.78, 5) is 0. The zero-order chi connectivity index (χ0) is 18.5. The van der Waals surface area contributed by atoms with E-state index < -0.39 is 12.4 Å². The van der Waals surface area contributed by atoms with Crippen LogP contribution in [0, 0.1) is 23.6 Å². The van der Waals surface area contributed by atoms with Gasteiger partial charge in [0.1, 0.15) is 0 Å². The van der Waals surface area contributed by atoms with Crippen molar-refractivity contribution in [3.8, 4) is 5.75 Å². The maximum atomic E-state index is 14.0. The van der Waals surface area contributed by atoms with Gasteiger partial charge in [-0.3, -0.25) is 0 Å². The Morgan fingerprint density at radius 2 is 1.88 bits per heavy atom. The lowest BCUT2D eigenvalue weighted by atomic mass is 9.63. The number of allylic oxidation sites excluding steroid dienone is 2. The number of benzene rings is 1. The molecule has 0 heterocycles. The molecule has 0 bridgehead atoms. The second-order valence-corrected chi connectivity index (χ2v) is 7.92. The highest BCUT2D eigenvalue weighted by Crippen LogP contribution is 2.48. The van der Waals surface area contributed by atoms with Crippen molar-refractivity contribution < 1.29 is 17.9 Å². The van der Waals surface area contributed by atoms with Gasteiger partial charge in [0.15, 0.2) is 11.6 Å². The van der Waals surface area contributed by atoms with E-state index in [1.807, 2.05) is 0 Å². The van der Waals surface area contributed by atoms with Crippen molar-refractivity contribution in [3.05, 3.63) is 41.7 Å². The molecule has 144 valence electrons. The Morgan fingerprint density at radius 1 is 1.12 bits per heavy atom. The number of alkyl halides is 2. The first-order valence-electron chi connectivity index (χ1n) is 9.92. The summed E-state index contributed by atoms with van der Waals surface area (Å²) in [6.45, 7) is -0.915. The second kappa shape index (κ2) is 8.96. The molecule has 1 aromatic rings. The molecule has 0 amide bonds. The molecular weight excluding hydrogens is 337 g/mol. The van der Waals surface area contributed by atoms with Crippen LogP contribution < -0.4 is 4.74 Å². The SMILES string of the molecule is CC=CCCC1CCC2CC(c3ccc(OC(F)F)c(F)c3)CCC2C1. The number of halogens is 3. The fraction of sp³-hybridized carbons (Fsp3) is 0.636. The third kappa shape index (κ3) is 4.83. The zero-order valence-corrected chi connectivity index (χ0v) is 15.5. The lowest BCUT2D eigenvalue weighted by Crippen LogP contribution is -2.30. The van der Waals surface area contributed by atoms with Crippen LogP contribution in [-0.2, 0) is 0 Å². The Balaban J connectivity index is 1.57. The highest BCUT2D eigenvalue weighted by atomic mass is 19.3. The van der Waals surface area contributed by atoms with Crippen molar-refractivity contribution in [2.45, 2.75) is 70.8 Å². The number of ether oxygens (including phenoxy) is 1. The molecule has 2 aliphatic carbocycles. The van der Waals surface area contributed by atoms with E-state index in [1.165, 1.54) is 50.7 Å². The van der Waals surface area contributed by atoms with Crippen LogP contribution >= 0.6 is 0 Å². The van der Waals surface area contributed by atoms with E-state index in [2.05, 4.69) is 23.8 Å². The minimum absolute atomic E-state index is 0.339. The van der Waals surface area contributed by atoms with Crippen molar-refractivity contribution in [3.63, 3.8) is 0 Å². The monoisotopic (exact) mass is 366 g/mol. The molecule has 0 saturated heterocycles. The summed E-state index contributed by atoms with van der Waals surface area (Å²) in [5, 5.41) is 0. The van der Waals surface area contributed by atoms with Crippen molar-refractivity contribution in [1.82, 2.24) is 0 Å². The number of rotatable bonds is 6. The third-order valence-corrected chi connectivity index (χ3v) is 6.34. The molecule has 0 spiro atoms. The molecule has 26 heavy (non-hydrogen) atoms. The van der Waals surface area contributed by atoms with Crippen LogP contribution in [0.5, 0.6) is 5.75 Å². The van der Waals surface area contributed by atoms with Crippen molar-refractivity contribution >= 4 is 0 Å². The van der Waals surface area contributed by atoms with Gasteiger partial charge in [-0.2, -0.15) is 8.78 Å². The molecule has 2 aliphatic rings. The summed E-state index contributed by atoms with van der Waals surface area (Å²) in [6, 6.07) is 4.50. The minimum atomic E-state index is -2.99. The lowest BCUT2D eigenvalue weighted by Gasteiger charge is -2.42. The molecule has 1 nitrogen and oxygen atoms in total. The predicted molar refractivity (Wildman–Crippen MR) is 98.0 cm³/mol. The normalized spacial score (nSPS) is 29.1. The number of hydrogen-bond acceptors (Lipinski definition) is 1.